The van der Waals surface area contributed by atoms with Crippen molar-refractivity contribution in [2.45, 2.75) is 39.2 Å². The van der Waals surface area contributed by atoms with E-state index in [4.69, 9.17) is 17.3 Å². The first-order chi connectivity index (χ1) is 18.7. The monoisotopic (exact) mass is 546 g/mol. The molecular weight excluding hydrogens is 519 g/mol. The highest BCUT2D eigenvalue weighted by atomic mass is 35.5. The van der Waals surface area contributed by atoms with Crippen LogP contribution in [0.1, 0.15) is 53.8 Å². The lowest BCUT2D eigenvalue weighted by Crippen LogP contribution is -2.29. The molecule has 200 valence electrons. The Balaban J connectivity index is 1.49. The summed E-state index contributed by atoms with van der Waals surface area (Å²) >= 11 is 5.95. The number of aromatic nitrogens is 3. The second-order valence-electron chi connectivity index (χ2n) is 9.76. The van der Waals surface area contributed by atoms with Crippen molar-refractivity contribution in [1.82, 2.24) is 20.1 Å². The minimum Gasteiger partial charge on any atom is -0.399 e. The molecule has 2 aromatic heterocycles. The molecule has 5 rings (SSSR count). The Morgan fingerprint density at radius 3 is 2.85 bits per heavy atom. The van der Waals surface area contributed by atoms with Gasteiger partial charge >= 0.3 is 0 Å². The SMILES string of the molecule is Cc1c(C(=O)NC2CCCC(C)C(=O)Nc3cc(N)ccc3-c3cc2ccn3)cnn1-c1cccc(Cl)c1F. The molecule has 0 radical (unpaired) electrons. The van der Waals surface area contributed by atoms with Crippen molar-refractivity contribution in [3.8, 4) is 16.9 Å². The Morgan fingerprint density at radius 1 is 1.21 bits per heavy atom. The van der Waals surface area contributed by atoms with E-state index in [-0.39, 0.29) is 34.5 Å². The lowest BCUT2D eigenvalue weighted by Gasteiger charge is -2.22. The number of hydrogen-bond acceptors (Lipinski definition) is 5. The van der Waals surface area contributed by atoms with E-state index in [1.54, 1.807) is 37.4 Å². The predicted molar refractivity (Wildman–Crippen MR) is 149 cm³/mol. The molecule has 1 aliphatic rings. The highest BCUT2D eigenvalue weighted by Crippen LogP contribution is 2.33. The number of rotatable bonds is 3. The van der Waals surface area contributed by atoms with Crippen molar-refractivity contribution in [2.24, 2.45) is 5.92 Å². The van der Waals surface area contributed by atoms with Gasteiger partial charge in [-0.1, -0.05) is 31.0 Å². The molecule has 2 aromatic carbocycles. The van der Waals surface area contributed by atoms with Gasteiger partial charge in [-0.2, -0.15) is 5.10 Å². The van der Waals surface area contributed by atoms with Gasteiger partial charge in [-0.05, 0) is 67.8 Å². The normalized spacial score (nSPS) is 17.4. The fourth-order valence-electron chi connectivity index (χ4n) is 4.80. The van der Waals surface area contributed by atoms with E-state index in [0.717, 1.165) is 11.1 Å². The molecule has 2 amide bonds. The zero-order valence-corrected chi connectivity index (χ0v) is 22.3. The van der Waals surface area contributed by atoms with Gasteiger partial charge in [0.2, 0.25) is 5.91 Å². The van der Waals surface area contributed by atoms with E-state index in [1.807, 2.05) is 25.1 Å². The maximum atomic E-state index is 14.6. The van der Waals surface area contributed by atoms with Gasteiger partial charge in [0.05, 0.1) is 39.9 Å². The van der Waals surface area contributed by atoms with Gasteiger partial charge in [0.25, 0.3) is 5.91 Å². The van der Waals surface area contributed by atoms with Crippen LogP contribution in [0.3, 0.4) is 0 Å². The predicted octanol–water partition coefficient (Wildman–Crippen LogP) is 5.85. The number of anilines is 2. The number of carbonyl (C=O) groups excluding carboxylic acids is 2. The zero-order chi connectivity index (χ0) is 27.7. The van der Waals surface area contributed by atoms with Gasteiger partial charge in [0.1, 0.15) is 5.69 Å². The molecule has 2 atom stereocenters. The summed E-state index contributed by atoms with van der Waals surface area (Å²) in [5.74, 6) is -1.29. The van der Waals surface area contributed by atoms with Crippen LogP contribution in [0.5, 0.6) is 0 Å². The third-order valence-corrected chi connectivity index (χ3v) is 7.35. The van der Waals surface area contributed by atoms with E-state index in [2.05, 4.69) is 20.7 Å². The van der Waals surface area contributed by atoms with E-state index in [1.165, 1.54) is 16.9 Å². The first-order valence-electron chi connectivity index (χ1n) is 12.7. The quantitative estimate of drug-likeness (QED) is 0.279. The van der Waals surface area contributed by atoms with Crippen molar-refractivity contribution in [1.29, 1.82) is 0 Å². The van der Waals surface area contributed by atoms with Gasteiger partial charge in [0.15, 0.2) is 5.82 Å². The second kappa shape index (κ2) is 10.9. The lowest BCUT2D eigenvalue weighted by molar-refractivity contribution is -0.119. The number of benzene rings is 2. The Hall–Kier alpha value is -4.24. The Kier molecular flexibility index (Phi) is 7.34. The molecule has 39 heavy (non-hydrogen) atoms. The van der Waals surface area contributed by atoms with E-state index in [0.29, 0.717) is 47.6 Å². The minimum atomic E-state index is -0.610. The van der Waals surface area contributed by atoms with Crippen molar-refractivity contribution in [3.05, 3.63) is 88.6 Å². The Labute approximate surface area is 230 Å². The van der Waals surface area contributed by atoms with Crippen molar-refractivity contribution in [2.75, 3.05) is 11.1 Å². The number of carbonyl (C=O) groups is 2. The molecule has 0 spiro atoms. The summed E-state index contributed by atoms with van der Waals surface area (Å²) < 4.78 is 16.0. The van der Waals surface area contributed by atoms with Crippen LogP contribution >= 0.6 is 11.6 Å². The number of nitrogens with zero attached hydrogens (tertiary/aromatic N) is 3. The maximum absolute atomic E-state index is 14.6. The number of halogens is 2. The second-order valence-corrected chi connectivity index (χ2v) is 10.2. The first kappa shape index (κ1) is 26.4. The topological polar surface area (TPSA) is 115 Å². The number of nitrogen functional groups attached to an aromatic ring is 1. The maximum Gasteiger partial charge on any atom is 0.255 e. The van der Waals surface area contributed by atoms with Crippen LogP contribution in [0.2, 0.25) is 5.02 Å². The van der Waals surface area contributed by atoms with Crippen LogP contribution in [0.15, 0.2) is 60.9 Å². The van der Waals surface area contributed by atoms with Crippen LogP contribution in [0.4, 0.5) is 15.8 Å². The van der Waals surface area contributed by atoms with Gasteiger partial charge in [-0.15, -0.1) is 0 Å². The molecule has 0 fully saturated rings. The number of nitrogens with one attached hydrogen (secondary N) is 2. The number of amides is 2. The Bertz CT molecular complexity index is 1570. The summed E-state index contributed by atoms with van der Waals surface area (Å²) in [6.45, 7) is 3.58. The molecule has 4 N–H and O–H groups in total. The number of nitrogens with two attached hydrogens (primary N) is 1. The third-order valence-electron chi connectivity index (χ3n) is 7.06. The average Bonchev–Trinajstić information content (AvgIpc) is 3.30. The Morgan fingerprint density at radius 2 is 2.03 bits per heavy atom. The summed E-state index contributed by atoms with van der Waals surface area (Å²) in [5, 5.41) is 10.4. The van der Waals surface area contributed by atoms with Crippen molar-refractivity contribution < 1.29 is 14.0 Å². The molecular formula is C29H28ClFN6O2. The van der Waals surface area contributed by atoms with Crippen molar-refractivity contribution >= 4 is 34.8 Å². The molecule has 4 aromatic rings. The largest absolute Gasteiger partial charge is 0.399 e. The van der Waals surface area contributed by atoms with Crippen LogP contribution in [0, 0.1) is 18.7 Å². The van der Waals surface area contributed by atoms with Gasteiger partial charge in [0, 0.05) is 23.4 Å². The molecule has 2 unspecified atom stereocenters. The smallest absolute Gasteiger partial charge is 0.255 e. The molecule has 2 bridgehead atoms. The van der Waals surface area contributed by atoms with E-state index >= 15 is 0 Å². The molecule has 8 nitrogen and oxygen atoms in total. The minimum absolute atomic E-state index is 0.0257. The van der Waals surface area contributed by atoms with E-state index in [9.17, 15) is 14.0 Å². The molecule has 0 saturated heterocycles. The van der Waals surface area contributed by atoms with E-state index < -0.39 is 5.82 Å². The number of pyridine rings is 1. The van der Waals surface area contributed by atoms with Crippen LogP contribution in [-0.2, 0) is 4.79 Å². The fraction of sp³-hybridized carbons (Fsp3) is 0.241. The fourth-order valence-corrected chi connectivity index (χ4v) is 4.97. The summed E-state index contributed by atoms with van der Waals surface area (Å²) in [5.41, 5.74) is 10.4. The number of fused-ring (bicyclic) bond motifs is 4. The average molecular weight is 547 g/mol. The van der Waals surface area contributed by atoms with Crippen molar-refractivity contribution in [3.63, 3.8) is 0 Å². The summed E-state index contributed by atoms with van der Waals surface area (Å²) in [7, 11) is 0. The van der Waals surface area contributed by atoms with Crippen LogP contribution in [-0.4, -0.2) is 26.6 Å². The van der Waals surface area contributed by atoms with Gasteiger partial charge < -0.3 is 16.4 Å². The van der Waals surface area contributed by atoms with Gasteiger partial charge in [-0.3, -0.25) is 14.6 Å². The van der Waals surface area contributed by atoms with Gasteiger partial charge in [-0.25, -0.2) is 9.07 Å². The standard InChI is InChI=1S/C29H28ClFN6O2/c1-16-5-3-7-23(18-11-12-33-24(13-18)20-10-9-19(32)14-25(20)36-28(16)38)35-29(39)21-15-34-37(17(21)2)26-8-4-6-22(30)27(26)31/h4,6,8-16,23H,3,5,7,32H2,1-2H3,(H,35,39)(H,36,38). The number of hydrogen-bond donors (Lipinski definition) is 3. The molecule has 1 aliphatic heterocycles. The summed E-state index contributed by atoms with van der Waals surface area (Å²) in [6.07, 6.45) is 5.06. The van der Waals surface area contributed by atoms with Crippen LogP contribution < -0.4 is 16.4 Å². The summed E-state index contributed by atoms with van der Waals surface area (Å²) in [4.78, 5) is 30.9. The molecule has 10 heteroatoms. The highest BCUT2D eigenvalue weighted by Gasteiger charge is 2.24. The lowest BCUT2D eigenvalue weighted by atomic mass is 9.94. The molecule has 3 heterocycles. The molecule has 0 saturated carbocycles. The highest BCUT2D eigenvalue weighted by molar-refractivity contribution is 6.30. The first-order valence-corrected chi connectivity index (χ1v) is 13.1. The van der Waals surface area contributed by atoms with Crippen LogP contribution in [0.25, 0.3) is 16.9 Å². The zero-order valence-electron chi connectivity index (χ0n) is 21.5. The molecule has 0 aliphatic carbocycles. The summed E-state index contributed by atoms with van der Waals surface area (Å²) in [6, 6.07) is 13.4. The third kappa shape index (κ3) is 5.35.